The second kappa shape index (κ2) is 4.72. The van der Waals surface area contributed by atoms with Crippen molar-refractivity contribution in [3.05, 3.63) is 18.2 Å². The first-order chi connectivity index (χ1) is 9.50. The van der Waals surface area contributed by atoms with E-state index < -0.39 is 0 Å². The third kappa shape index (κ3) is 2.49. The van der Waals surface area contributed by atoms with Gasteiger partial charge in [0.2, 0.25) is 5.91 Å². The highest BCUT2D eigenvalue weighted by Crippen LogP contribution is 2.45. The highest BCUT2D eigenvalue weighted by Gasteiger charge is 2.46. The number of rotatable bonds is 4. The van der Waals surface area contributed by atoms with Gasteiger partial charge in [0.1, 0.15) is 13.6 Å². The van der Waals surface area contributed by atoms with Crippen molar-refractivity contribution in [1.29, 1.82) is 0 Å². The Morgan fingerprint density at radius 2 is 2.10 bits per heavy atom. The monoisotopic (exact) mass is 270 g/mol. The molecule has 1 N–H and O–H groups in total. The third-order valence-corrected chi connectivity index (χ3v) is 4.28. The van der Waals surface area contributed by atoms with Gasteiger partial charge in [0.25, 0.3) is 0 Å². The van der Waals surface area contributed by atoms with Crippen molar-refractivity contribution in [2.75, 3.05) is 25.1 Å². The van der Waals surface area contributed by atoms with E-state index in [0.29, 0.717) is 5.46 Å². The first-order valence-electron chi connectivity index (χ1n) is 7.01. The van der Waals surface area contributed by atoms with E-state index in [1.807, 2.05) is 19.1 Å². The lowest BCUT2D eigenvalue weighted by Gasteiger charge is -2.42. The fourth-order valence-corrected chi connectivity index (χ4v) is 2.46. The minimum Gasteiger partial charge on any atom is -0.497 e. The summed E-state index contributed by atoms with van der Waals surface area (Å²) in [5.41, 5.74) is 1.64. The predicted molar refractivity (Wildman–Crippen MR) is 79.9 cm³/mol. The number of nitrogens with one attached hydrogen (secondary N) is 1. The van der Waals surface area contributed by atoms with Gasteiger partial charge >= 0.3 is 0 Å². The van der Waals surface area contributed by atoms with Crippen molar-refractivity contribution in [2.45, 2.75) is 25.8 Å². The molecule has 1 heterocycles. The summed E-state index contributed by atoms with van der Waals surface area (Å²) in [7, 11) is 7.49. The molecule has 20 heavy (non-hydrogen) atoms. The fraction of sp³-hybridized carbons (Fsp3) is 0.533. The Balaban J connectivity index is 1.57. The highest BCUT2D eigenvalue weighted by atomic mass is 16.5. The normalized spacial score (nSPS) is 20.2. The van der Waals surface area contributed by atoms with E-state index in [0.717, 1.165) is 37.4 Å². The van der Waals surface area contributed by atoms with Gasteiger partial charge in [-0.25, -0.2) is 0 Å². The maximum absolute atomic E-state index is 12.0. The van der Waals surface area contributed by atoms with E-state index in [9.17, 15) is 4.79 Å². The average Bonchev–Trinajstić information content (AvgIpc) is 3.11. The standard InChI is InChI=1S/C15H19BN2O2/c1-15(3-4-15)14(19)17-11-8-18(9-11)12-5-10(16)6-13(7-12)20-2/h5-7,11H,3-4,8-9H2,1-2H3,(H,17,19). The van der Waals surface area contributed by atoms with Crippen LogP contribution in [0.3, 0.4) is 0 Å². The Hall–Kier alpha value is -1.65. The van der Waals surface area contributed by atoms with Crippen LogP contribution in [0.4, 0.5) is 5.69 Å². The van der Waals surface area contributed by atoms with Crippen molar-refractivity contribution < 1.29 is 9.53 Å². The van der Waals surface area contributed by atoms with Crippen LogP contribution in [0, 0.1) is 5.41 Å². The molecule has 1 aliphatic carbocycles. The summed E-state index contributed by atoms with van der Waals surface area (Å²) in [6.07, 6.45) is 2.03. The van der Waals surface area contributed by atoms with Crippen LogP contribution in [0.15, 0.2) is 18.2 Å². The summed E-state index contributed by atoms with van der Waals surface area (Å²) in [6, 6.07) is 5.95. The van der Waals surface area contributed by atoms with Crippen LogP contribution >= 0.6 is 0 Å². The van der Waals surface area contributed by atoms with Crippen LogP contribution in [-0.4, -0.2) is 40.0 Å². The largest absolute Gasteiger partial charge is 0.497 e. The van der Waals surface area contributed by atoms with Crippen molar-refractivity contribution in [1.82, 2.24) is 5.32 Å². The molecule has 0 bridgehead atoms. The fourth-order valence-electron chi connectivity index (χ4n) is 2.46. The van der Waals surface area contributed by atoms with E-state index in [1.54, 1.807) is 13.2 Å². The van der Waals surface area contributed by atoms with Gasteiger partial charge in [-0.2, -0.15) is 0 Å². The van der Waals surface area contributed by atoms with Crippen LogP contribution in [0.5, 0.6) is 5.75 Å². The maximum Gasteiger partial charge on any atom is 0.226 e. The molecule has 0 aromatic heterocycles. The first kappa shape index (κ1) is 13.3. The Bertz CT molecular complexity index is 537. The van der Waals surface area contributed by atoms with Crippen molar-refractivity contribution in [2.24, 2.45) is 5.41 Å². The molecule has 0 unspecified atom stereocenters. The molecule has 1 aromatic carbocycles. The van der Waals surface area contributed by atoms with Crippen molar-refractivity contribution >= 4 is 24.9 Å². The van der Waals surface area contributed by atoms with Gasteiger partial charge in [-0.15, -0.1) is 0 Å². The van der Waals surface area contributed by atoms with Gasteiger partial charge < -0.3 is 15.0 Å². The Labute approximate surface area is 120 Å². The van der Waals surface area contributed by atoms with Gasteiger partial charge in [-0.1, -0.05) is 12.4 Å². The molecule has 2 fully saturated rings. The van der Waals surface area contributed by atoms with Gasteiger partial charge in [-0.05, 0) is 25.0 Å². The molecule has 4 nitrogen and oxygen atoms in total. The number of nitrogens with zero attached hydrogens (tertiary/aromatic N) is 1. The molecule has 2 aliphatic rings. The second-order valence-electron chi connectivity index (χ2n) is 6.10. The zero-order chi connectivity index (χ0) is 14.3. The van der Waals surface area contributed by atoms with Gasteiger partial charge in [0.05, 0.1) is 13.2 Å². The van der Waals surface area contributed by atoms with E-state index >= 15 is 0 Å². The zero-order valence-corrected chi connectivity index (χ0v) is 12.0. The molecule has 2 radical (unpaired) electrons. The molecule has 1 amide bonds. The number of ether oxygens (including phenoxy) is 1. The van der Waals surface area contributed by atoms with Gasteiger partial charge in [0.15, 0.2) is 0 Å². The number of carbonyl (C=O) groups is 1. The van der Waals surface area contributed by atoms with Crippen molar-refractivity contribution in [3.63, 3.8) is 0 Å². The number of benzene rings is 1. The van der Waals surface area contributed by atoms with Crippen LogP contribution < -0.4 is 20.4 Å². The van der Waals surface area contributed by atoms with Crippen LogP contribution in [0.1, 0.15) is 19.8 Å². The van der Waals surface area contributed by atoms with Gasteiger partial charge in [0, 0.05) is 30.3 Å². The topological polar surface area (TPSA) is 41.6 Å². The summed E-state index contributed by atoms with van der Waals surface area (Å²) in [4.78, 5) is 14.2. The molecular formula is C15H19BN2O2. The molecule has 5 heteroatoms. The SMILES string of the molecule is [B]c1cc(OC)cc(N2CC(NC(=O)C3(C)CC3)C2)c1. The predicted octanol–water partition coefficient (Wildman–Crippen LogP) is 0.594. The number of carbonyl (C=O) groups excluding carboxylic acids is 1. The minimum atomic E-state index is -0.0964. The lowest BCUT2D eigenvalue weighted by atomic mass is 9.94. The maximum atomic E-state index is 12.0. The molecule has 0 spiro atoms. The first-order valence-corrected chi connectivity index (χ1v) is 7.01. The third-order valence-electron chi connectivity index (χ3n) is 4.28. The quantitative estimate of drug-likeness (QED) is 0.814. The molecule has 1 saturated heterocycles. The summed E-state index contributed by atoms with van der Waals surface area (Å²) in [5, 5.41) is 3.12. The second-order valence-corrected chi connectivity index (χ2v) is 6.10. The number of anilines is 1. The van der Waals surface area contributed by atoms with E-state index in [2.05, 4.69) is 10.2 Å². The highest BCUT2D eigenvalue weighted by molar-refractivity contribution is 6.32. The smallest absolute Gasteiger partial charge is 0.226 e. The van der Waals surface area contributed by atoms with Crippen molar-refractivity contribution in [3.8, 4) is 5.75 Å². The number of hydrogen-bond donors (Lipinski definition) is 1. The Kier molecular flexibility index (Phi) is 3.15. The number of amides is 1. The summed E-state index contributed by atoms with van der Waals surface area (Å²) >= 11 is 0. The summed E-state index contributed by atoms with van der Waals surface area (Å²) < 4.78 is 5.22. The van der Waals surface area contributed by atoms with Crippen LogP contribution in [0.2, 0.25) is 0 Å². The zero-order valence-electron chi connectivity index (χ0n) is 12.0. The molecule has 0 atom stereocenters. The molecule has 1 aromatic rings. The Morgan fingerprint density at radius 3 is 2.70 bits per heavy atom. The Morgan fingerprint density at radius 1 is 1.40 bits per heavy atom. The number of methoxy groups -OCH3 is 1. The molecule has 1 aliphatic heterocycles. The lowest BCUT2D eigenvalue weighted by Crippen LogP contribution is -2.60. The summed E-state index contributed by atoms with van der Waals surface area (Å²) in [5.74, 6) is 0.963. The van der Waals surface area contributed by atoms with E-state index in [-0.39, 0.29) is 17.4 Å². The molecule has 3 rings (SSSR count). The summed E-state index contributed by atoms with van der Waals surface area (Å²) in [6.45, 7) is 3.68. The minimum absolute atomic E-state index is 0.0964. The lowest BCUT2D eigenvalue weighted by molar-refractivity contribution is -0.126. The van der Waals surface area contributed by atoms with E-state index in [1.165, 1.54) is 0 Å². The molecular weight excluding hydrogens is 251 g/mol. The number of hydrogen-bond acceptors (Lipinski definition) is 3. The van der Waals surface area contributed by atoms with Crippen LogP contribution in [-0.2, 0) is 4.79 Å². The van der Waals surface area contributed by atoms with Gasteiger partial charge in [-0.3, -0.25) is 4.79 Å². The molecule has 104 valence electrons. The molecule has 1 saturated carbocycles. The van der Waals surface area contributed by atoms with Crippen LogP contribution in [0.25, 0.3) is 0 Å². The average molecular weight is 270 g/mol. The van der Waals surface area contributed by atoms with E-state index in [4.69, 9.17) is 12.6 Å².